The molecule has 0 heterocycles. The lowest BCUT2D eigenvalue weighted by Crippen LogP contribution is -2.13. The number of halogens is 1. The van der Waals surface area contributed by atoms with E-state index in [2.05, 4.69) is 11.9 Å². The maximum atomic E-state index is 12.6. The predicted octanol–water partition coefficient (Wildman–Crippen LogP) is 5.91. The average Bonchev–Trinajstić information content (AvgIpc) is 2.84. The van der Waals surface area contributed by atoms with E-state index in [1.807, 2.05) is 24.3 Å². The molecule has 2 N–H and O–H groups in total. The van der Waals surface area contributed by atoms with Crippen LogP contribution in [0.3, 0.4) is 0 Å². The number of nitrogens with zero attached hydrogens (tertiary/aromatic N) is 1. The highest BCUT2D eigenvalue weighted by Gasteiger charge is 2.15. The van der Waals surface area contributed by atoms with E-state index in [0.29, 0.717) is 40.8 Å². The van der Waals surface area contributed by atoms with Crippen molar-refractivity contribution in [2.45, 2.75) is 13.0 Å². The van der Waals surface area contributed by atoms with Gasteiger partial charge in [0.1, 0.15) is 24.0 Å². The Kier molecular flexibility index (Phi) is 8.33. The van der Waals surface area contributed by atoms with Crippen molar-refractivity contribution in [1.82, 2.24) is 0 Å². The predicted molar refractivity (Wildman–Crippen MR) is 133 cm³/mol. The number of nitriles is 1. The highest BCUT2D eigenvalue weighted by Crippen LogP contribution is 2.35. The van der Waals surface area contributed by atoms with Crippen LogP contribution in [0, 0.1) is 11.3 Å². The van der Waals surface area contributed by atoms with Crippen LogP contribution in [0.5, 0.6) is 17.2 Å². The number of benzene rings is 3. The number of hydrogen-bond acceptors (Lipinski definition) is 5. The van der Waals surface area contributed by atoms with Crippen LogP contribution >= 0.6 is 11.6 Å². The summed E-state index contributed by atoms with van der Waals surface area (Å²) < 4.78 is 11.6. The molecule has 0 fully saturated rings. The number of anilines is 1. The minimum absolute atomic E-state index is 0.0780. The summed E-state index contributed by atoms with van der Waals surface area (Å²) in [5, 5.41) is 22.2. The second-order valence-electron chi connectivity index (χ2n) is 7.29. The van der Waals surface area contributed by atoms with Crippen molar-refractivity contribution in [2.24, 2.45) is 0 Å². The van der Waals surface area contributed by atoms with Crippen molar-refractivity contribution in [1.29, 1.82) is 5.26 Å². The number of ether oxygens (including phenoxy) is 2. The molecular weight excluding hydrogens is 452 g/mol. The van der Waals surface area contributed by atoms with Gasteiger partial charge in [-0.15, -0.1) is 6.58 Å². The maximum absolute atomic E-state index is 12.6. The van der Waals surface area contributed by atoms with Crippen molar-refractivity contribution < 1.29 is 19.4 Å². The molecule has 3 aromatic carbocycles. The lowest BCUT2D eigenvalue weighted by atomic mass is 10.0. The molecular formula is C27H23ClN2O4. The third-order valence-corrected chi connectivity index (χ3v) is 5.09. The van der Waals surface area contributed by atoms with Crippen molar-refractivity contribution >= 4 is 29.3 Å². The quantitative estimate of drug-likeness (QED) is 0.174. The molecule has 6 nitrogen and oxygen atoms in total. The van der Waals surface area contributed by atoms with E-state index >= 15 is 0 Å². The molecule has 0 saturated carbocycles. The summed E-state index contributed by atoms with van der Waals surface area (Å²) in [5.74, 6) is 0.534. The number of methoxy groups -OCH3 is 1. The molecule has 0 aliphatic carbocycles. The molecule has 3 aromatic rings. The van der Waals surface area contributed by atoms with Crippen LogP contribution in [-0.4, -0.2) is 18.1 Å². The molecule has 0 saturated heterocycles. The molecule has 0 bridgehead atoms. The lowest BCUT2D eigenvalue weighted by molar-refractivity contribution is -0.112. The number of allylic oxidation sites excluding steroid dienone is 1. The van der Waals surface area contributed by atoms with Gasteiger partial charge >= 0.3 is 0 Å². The first kappa shape index (κ1) is 24.4. The van der Waals surface area contributed by atoms with Gasteiger partial charge in [-0.25, -0.2) is 0 Å². The summed E-state index contributed by atoms with van der Waals surface area (Å²) >= 11 is 5.95. The Bertz CT molecular complexity index is 1240. The summed E-state index contributed by atoms with van der Waals surface area (Å²) in [6.45, 7) is 4.12. The highest BCUT2D eigenvalue weighted by atomic mass is 35.5. The van der Waals surface area contributed by atoms with E-state index in [1.54, 1.807) is 36.4 Å². The first-order valence-corrected chi connectivity index (χ1v) is 10.7. The van der Waals surface area contributed by atoms with Crippen molar-refractivity contribution in [3.05, 3.63) is 101 Å². The molecule has 0 unspecified atom stereocenters. The monoisotopic (exact) mass is 474 g/mol. The standard InChI is InChI=1S/C27H23ClN2O4/c1-3-4-20-13-19(14-21(16-29)27(32)30-23-9-11-24(31)12-10-23)15-25(33-2)26(20)34-17-18-5-7-22(28)8-6-18/h3,5-15,31H,1,4,17H2,2H3,(H,30,32)/b21-14+. The molecule has 0 spiro atoms. The van der Waals surface area contributed by atoms with E-state index < -0.39 is 5.91 Å². The molecule has 34 heavy (non-hydrogen) atoms. The zero-order valence-electron chi connectivity index (χ0n) is 18.5. The number of rotatable bonds is 9. The smallest absolute Gasteiger partial charge is 0.266 e. The van der Waals surface area contributed by atoms with Gasteiger partial charge in [0, 0.05) is 16.3 Å². The van der Waals surface area contributed by atoms with E-state index in [9.17, 15) is 15.2 Å². The molecule has 0 aromatic heterocycles. The van der Waals surface area contributed by atoms with Crippen molar-refractivity contribution in [2.75, 3.05) is 12.4 Å². The summed E-state index contributed by atoms with van der Waals surface area (Å²) in [4.78, 5) is 12.6. The van der Waals surface area contributed by atoms with Crippen LogP contribution < -0.4 is 14.8 Å². The number of hydrogen-bond donors (Lipinski definition) is 2. The van der Waals surface area contributed by atoms with E-state index in [-0.39, 0.29) is 11.3 Å². The minimum Gasteiger partial charge on any atom is -0.508 e. The summed E-state index contributed by atoms with van der Waals surface area (Å²) in [7, 11) is 1.53. The largest absolute Gasteiger partial charge is 0.508 e. The first-order valence-electron chi connectivity index (χ1n) is 10.3. The first-order chi connectivity index (χ1) is 16.4. The molecule has 7 heteroatoms. The Labute approximate surface area is 203 Å². The van der Waals surface area contributed by atoms with Gasteiger partial charge in [0.15, 0.2) is 11.5 Å². The third kappa shape index (κ3) is 6.41. The third-order valence-electron chi connectivity index (χ3n) is 4.84. The Morgan fingerprint density at radius 3 is 2.50 bits per heavy atom. The molecule has 3 rings (SSSR count). The Balaban J connectivity index is 1.88. The molecule has 1 amide bonds. The van der Waals surface area contributed by atoms with Crippen LogP contribution in [0.25, 0.3) is 6.08 Å². The maximum Gasteiger partial charge on any atom is 0.266 e. The van der Waals surface area contributed by atoms with Crippen LogP contribution in [0.1, 0.15) is 16.7 Å². The summed E-state index contributed by atoms with van der Waals surface area (Å²) in [5.41, 5.74) is 2.71. The second-order valence-corrected chi connectivity index (χ2v) is 7.73. The number of aromatic hydroxyl groups is 1. The number of amides is 1. The van der Waals surface area contributed by atoms with Crippen molar-refractivity contribution in [3.63, 3.8) is 0 Å². The van der Waals surface area contributed by atoms with Crippen LogP contribution in [0.2, 0.25) is 5.02 Å². The number of carbonyl (C=O) groups is 1. The van der Waals surface area contributed by atoms with Crippen LogP contribution in [0.4, 0.5) is 5.69 Å². The number of nitrogens with one attached hydrogen (secondary N) is 1. The molecule has 0 aliphatic rings. The zero-order chi connectivity index (χ0) is 24.5. The van der Waals surface area contributed by atoms with Crippen molar-refractivity contribution in [3.8, 4) is 23.3 Å². The second kappa shape index (κ2) is 11.6. The van der Waals surface area contributed by atoms with Gasteiger partial charge in [0.2, 0.25) is 0 Å². The van der Waals surface area contributed by atoms with E-state index in [1.165, 1.54) is 25.3 Å². The number of phenolic OH excluding ortho intramolecular Hbond substituents is 1. The average molecular weight is 475 g/mol. The van der Waals surface area contributed by atoms with E-state index in [4.69, 9.17) is 21.1 Å². The van der Waals surface area contributed by atoms with Gasteiger partial charge < -0.3 is 19.9 Å². The van der Waals surface area contributed by atoms with Gasteiger partial charge in [-0.05, 0) is 72.2 Å². The number of carbonyl (C=O) groups excluding carboxylic acids is 1. The molecule has 0 atom stereocenters. The fourth-order valence-corrected chi connectivity index (χ4v) is 3.31. The zero-order valence-corrected chi connectivity index (χ0v) is 19.3. The fourth-order valence-electron chi connectivity index (χ4n) is 3.18. The van der Waals surface area contributed by atoms with Gasteiger partial charge in [-0.3, -0.25) is 4.79 Å². The van der Waals surface area contributed by atoms with Gasteiger partial charge in [-0.1, -0.05) is 29.8 Å². The number of phenols is 1. The lowest BCUT2D eigenvalue weighted by Gasteiger charge is -2.16. The van der Waals surface area contributed by atoms with Crippen LogP contribution in [0.15, 0.2) is 78.9 Å². The van der Waals surface area contributed by atoms with Gasteiger partial charge in [0.05, 0.1) is 7.11 Å². The fraction of sp³-hybridized carbons (Fsp3) is 0.111. The Morgan fingerprint density at radius 1 is 1.18 bits per heavy atom. The topological polar surface area (TPSA) is 91.6 Å². The Hall–Kier alpha value is -4.21. The van der Waals surface area contributed by atoms with Gasteiger partial charge in [-0.2, -0.15) is 5.26 Å². The van der Waals surface area contributed by atoms with Crippen LogP contribution in [-0.2, 0) is 17.8 Å². The normalized spacial score (nSPS) is 10.8. The van der Waals surface area contributed by atoms with Gasteiger partial charge in [0.25, 0.3) is 5.91 Å². The minimum atomic E-state index is -0.569. The SMILES string of the molecule is C=CCc1cc(/C=C(\C#N)C(=O)Nc2ccc(O)cc2)cc(OC)c1OCc1ccc(Cl)cc1. The summed E-state index contributed by atoms with van der Waals surface area (Å²) in [6, 6.07) is 18.8. The Morgan fingerprint density at radius 2 is 1.88 bits per heavy atom. The van der Waals surface area contributed by atoms with E-state index in [0.717, 1.165) is 11.1 Å². The molecule has 0 radical (unpaired) electrons. The summed E-state index contributed by atoms with van der Waals surface area (Å²) in [6.07, 6.45) is 3.71. The molecule has 172 valence electrons. The molecule has 0 aliphatic heterocycles. The highest BCUT2D eigenvalue weighted by molar-refractivity contribution is 6.30.